The maximum atomic E-state index is 14.0. The lowest BCUT2D eigenvalue weighted by Crippen LogP contribution is -2.44. The highest BCUT2D eigenvalue weighted by atomic mass is 31.2. The Morgan fingerprint density at radius 1 is 1.05 bits per heavy atom. The first-order valence-corrected chi connectivity index (χ1v) is 14.7. The Morgan fingerprint density at radius 2 is 1.69 bits per heavy atom. The molecule has 4 atom stereocenters. The first-order chi connectivity index (χ1) is 18.2. The molecule has 2 rings (SSSR count). The molecule has 0 saturated carbocycles. The molecule has 0 radical (unpaired) electrons. The van der Waals surface area contributed by atoms with E-state index in [4.69, 9.17) is 24.7 Å². The molecule has 2 aromatic rings. The number of imidazole rings is 1. The van der Waals surface area contributed by atoms with E-state index in [1.165, 1.54) is 20.2 Å². The number of fused-ring (bicyclic) bond motifs is 1. The van der Waals surface area contributed by atoms with E-state index < -0.39 is 43.2 Å². The molecule has 0 spiro atoms. The smallest absolute Gasteiger partial charge is 0.323 e. The highest BCUT2D eigenvalue weighted by molar-refractivity contribution is 7.59. The number of nitrogens with two attached hydrogens (primary N) is 1. The third kappa shape index (κ3) is 10.8. The van der Waals surface area contributed by atoms with Crippen molar-refractivity contribution < 1.29 is 33.1 Å². The number of unbranched alkanes of at least 4 members (excludes halogenated alkanes) is 1. The number of nitrogens with one attached hydrogen (secondary N) is 2. The zero-order valence-electron chi connectivity index (χ0n) is 23.8. The van der Waals surface area contributed by atoms with E-state index in [1.807, 2.05) is 0 Å². The first-order valence-electron chi connectivity index (χ1n) is 12.8. The molecule has 14 nitrogen and oxygen atoms in total. The molecule has 1 unspecified atom stereocenters. The minimum absolute atomic E-state index is 0.209. The van der Waals surface area contributed by atoms with Crippen LogP contribution in [0.2, 0.25) is 0 Å². The molecule has 15 heteroatoms. The Morgan fingerprint density at radius 3 is 2.33 bits per heavy atom. The Labute approximate surface area is 229 Å². The van der Waals surface area contributed by atoms with Crippen molar-refractivity contribution in [3.8, 4) is 0 Å². The van der Waals surface area contributed by atoms with Gasteiger partial charge in [0.25, 0.3) is 0 Å². The van der Waals surface area contributed by atoms with Crippen LogP contribution >= 0.6 is 7.44 Å². The summed E-state index contributed by atoms with van der Waals surface area (Å²) in [5.41, 5.74) is 6.14. The molecule has 0 aliphatic rings. The van der Waals surface area contributed by atoms with Crippen LogP contribution < -0.4 is 15.9 Å². The molecule has 0 amide bonds. The summed E-state index contributed by atoms with van der Waals surface area (Å²) in [6.45, 7) is 11.2. The third-order valence-electron chi connectivity index (χ3n) is 5.33. The zero-order valence-corrected chi connectivity index (χ0v) is 24.7. The van der Waals surface area contributed by atoms with E-state index >= 15 is 0 Å². The summed E-state index contributed by atoms with van der Waals surface area (Å²) in [5.74, 6) is -0.899. The van der Waals surface area contributed by atoms with Crippen LogP contribution in [0.4, 0.5) is 5.82 Å². The molecule has 2 heterocycles. The fourth-order valence-electron chi connectivity index (χ4n) is 3.47. The summed E-state index contributed by atoms with van der Waals surface area (Å²) in [4.78, 5) is 37.5. The molecular weight excluding hydrogens is 529 g/mol. The van der Waals surface area contributed by atoms with Crippen molar-refractivity contribution >= 4 is 36.4 Å². The standard InChI is InChI=1S/C24H42N7O7P/c1-16(12-31-14-28-19-20(25)26-13-27-21(19)31)37-15-39(34,30-18(3)23(33)38-24(4,5)6)29-17(2)22(32)36-11-9-8-10-35-7/h13-14,16-18H,8-12,15H2,1-7H3,(H2,25,26,27)(H2,29,30,34)/t16-,17-,18+,39?/m1/s1. The van der Waals surface area contributed by atoms with E-state index in [1.54, 1.807) is 45.7 Å². The average molecular weight is 572 g/mol. The molecule has 0 saturated heterocycles. The van der Waals surface area contributed by atoms with Gasteiger partial charge in [0.2, 0.25) is 7.44 Å². The second kappa shape index (κ2) is 14.7. The summed E-state index contributed by atoms with van der Waals surface area (Å²) in [5, 5.41) is 5.60. The van der Waals surface area contributed by atoms with Crippen LogP contribution in [-0.4, -0.2) is 81.9 Å². The number of rotatable bonds is 16. The van der Waals surface area contributed by atoms with Gasteiger partial charge >= 0.3 is 11.9 Å². The normalized spacial score (nSPS) is 15.9. The summed E-state index contributed by atoms with van der Waals surface area (Å²) < 4.78 is 37.3. The largest absolute Gasteiger partial charge is 0.465 e. The fourth-order valence-corrected chi connectivity index (χ4v) is 5.62. The summed E-state index contributed by atoms with van der Waals surface area (Å²) in [7, 11) is -2.07. The van der Waals surface area contributed by atoms with Crippen LogP contribution in [0.25, 0.3) is 11.2 Å². The first kappa shape index (κ1) is 32.6. The second-order valence-electron chi connectivity index (χ2n) is 10.3. The van der Waals surface area contributed by atoms with Gasteiger partial charge in [-0.05, 0) is 54.4 Å². The molecule has 0 aliphatic heterocycles. The average Bonchev–Trinajstić information content (AvgIpc) is 3.25. The van der Waals surface area contributed by atoms with Crippen molar-refractivity contribution in [1.82, 2.24) is 29.7 Å². The van der Waals surface area contributed by atoms with Crippen molar-refractivity contribution in [2.75, 3.05) is 32.4 Å². The lowest BCUT2D eigenvalue weighted by molar-refractivity contribution is -0.156. The van der Waals surface area contributed by atoms with Crippen molar-refractivity contribution in [2.24, 2.45) is 0 Å². The number of hydrogen-bond acceptors (Lipinski definition) is 11. The van der Waals surface area contributed by atoms with Gasteiger partial charge in [-0.1, -0.05) is 0 Å². The molecule has 4 N–H and O–H groups in total. The zero-order chi connectivity index (χ0) is 29.2. The van der Waals surface area contributed by atoms with Crippen LogP contribution in [0.15, 0.2) is 12.7 Å². The monoisotopic (exact) mass is 571 g/mol. The van der Waals surface area contributed by atoms with Gasteiger partial charge in [0, 0.05) is 13.7 Å². The number of carbonyl (C=O) groups is 2. The van der Waals surface area contributed by atoms with Crippen molar-refractivity contribution in [1.29, 1.82) is 0 Å². The van der Waals surface area contributed by atoms with Gasteiger partial charge in [-0.2, -0.15) is 0 Å². The van der Waals surface area contributed by atoms with Crippen LogP contribution in [-0.2, 0) is 39.6 Å². The van der Waals surface area contributed by atoms with Gasteiger partial charge in [-0.3, -0.25) is 14.2 Å². The van der Waals surface area contributed by atoms with E-state index in [0.29, 0.717) is 30.7 Å². The second-order valence-corrected chi connectivity index (χ2v) is 12.5. The summed E-state index contributed by atoms with van der Waals surface area (Å²) in [6, 6.07) is -1.89. The van der Waals surface area contributed by atoms with Crippen LogP contribution in [0.1, 0.15) is 54.4 Å². The van der Waals surface area contributed by atoms with Crippen molar-refractivity contribution in [3.05, 3.63) is 12.7 Å². The predicted octanol–water partition coefficient (Wildman–Crippen LogP) is 2.23. The van der Waals surface area contributed by atoms with E-state index in [9.17, 15) is 14.2 Å². The van der Waals surface area contributed by atoms with Gasteiger partial charge in [0.1, 0.15) is 35.9 Å². The third-order valence-corrected chi connectivity index (χ3v) is 7.45. The molecule has 220 valence electrons. The van der Waals surface area contributed by atoms with Gasteiger partial charge < -0.3 is 29.2 Å². The molecular formula is C24H42N7O7P. The molecule has 0 aromatic carbocycles. The van der Waals surface area contributed by atoms with Gasteiger partial charge in [-0.25, -0.2) is 25.1 Å². The number of hydrogen-bond donors (Lipinski definition) is 3. The number of methoxy groups -OCH3 is 1. The van der Waals surface area contributed by atoms with E-state index in [-0.39, 0.29) is 18.8 Å². The molecule has 0 aliphatic carbocycles. The van der Waals surface area contributed by atoms with Gasteiger partial charge in [0.05, 0.1) is 25.6 Å². The van der Waals surface area contributed by atoms with Gasteiger partial charge in [0.15, 0.2) is 11.5 Å². The fraction of sp³-hybridized carbons (Fsp3) is 0.708. The lowest BCUT2D eigenvalue weighted by atomic mass is 10.2. The number of aromatic nitrogens is 4. The maximum Gasteiger partial charge on any atom is 0.323 e. The Bertz CT molecular complexity index is 1140. The Balaban J connectivity index is 2.08. The molecule has 0 fully saturated rings. The van der Waals surface area contributed by atoms with Crippen molar-refractivity contribution in [3.63, 3.8) is 0 Å². The Kier molecular flexibility index (Phi) is 12.2. The minimum Gasteiger partial charge on any atom is -0.465 e. The van der Waals surface area contributed by atoms with Crippen LogP contribution in [0.5, 0.6) is 0 Å². The van der Waals surface area contributed by atoms with E-state index in [0.717, 1.165) is 6.42 Å². The number of ether oxygens (including phenoxy) is 4. The Hall–Kier alpha value is -2.64. The maximum absolute atomic E-state index is 14.0. The minimum atomic E-state index is -3.67. The molecule has 39 heavy (non-hydrogen) atoms. The van der Waals surface area contributed by atoms with Crippen molar-refractivity contribution in [2.45, 2.75) is 84.7 Å². The van der Waals surface area contributed by atoms with E-state index in [2.05, 4.69) is 25.1 Å². The number of nitrogen functional groups attached to an aromatic ring is 1. The number of nitrogens with zero attached hydrogens (tertiary/aromatic N) is 4. The highest BCUT2D eigenvalue weighted by Crippen LogP contribution is 2.38. The SMILES string of the molecule is COCCCCOC(=O)[C@@H](C)NP(=O)(CO[C@H](C)Cn1cnc2c(N)ncnc21)N[C@@H](C)C(=O)OC(C)(C)C. The van der Waals surface area contributed by atoms with Gasteiger partial charge in [-0.15, -0.1) is 0 Å². The quantitative estimate of drug-likeness (QED) is 0.152. The number of carbonyl (C=O) groups excluding carboxylic acids is 2. The van der Waals surface area contributed by atoms with Crippen LogP contribution in [0, 0.1) is 0 Å². The molecule has 2 aromatic heterocycles. The number of anilines is 1. The number of esters is 2. The predicted molar refractivity (Wildman–Crippen MR) is 146 cm³/mol. The lowest BCUT2D eigenvalue weighted by Gasteiger charge is -2.29. The summed E-state index contributed by atoms with van der Waals surface area (Å²) >= 11 is 0. The van der Waals surface area contributed by atoms with Crippen LogP contribution in [0.3, 0.4) is 0 Å². The topological polar surface area (TPSA) is 182 Å². The summed E-state index contributed by atoms with van der Waals surface area (Å²) in [6.07, 6.45) is 3.53. The molecule has 0 bridgehead atoms. The highest BCUT2D eigenvalue weighted by Gasteiger charge is 2.33.